The summed E-state index contributed by atoms with van der Waals surface area (Å²) in [6.07, 6.45) is -8.27. The summed E-state index contributed by atoms with van der Waals surface area (Å²) < 4.78 is 29.8. The highest BCUT2D eigenvalue weighted by Crippen LogP contribution is 2.33. The summed E-state index contributed by atoms with van der Waals surface area (Å²) in [5.41, 5.74) is -2.52. The van der Waals surface area contributed by atoms with Gasteiger partial charge in [-0.1, -0.05) is 0 Å². The van der Waals surface area contributed by atoms with E-state index in [1.54, 1.807) is 4.98 Å². The number of nitrogens with one attached hydrogen (secondary N) is 1. The maximum absolute atomic E-state index is 13.8. The third-order valence-electron chi connectivity index (χ3n) is 4.28. The molecule has 0 bridgehead atoms. The van der Waals surface area contributed by atoms with E-state index in [2.05, 4.69) is 0 Å². The van der Waals surface area contributed by atoms with Crippen molar-refractivity contribution in [3.05, 3.63) is 32.9 Å². The van der Waals surface area contributed by atoms with Gasteiger partial charge in [-0.3, -0.25) is 33.5 Å². The topological polar surface area (TPSA) is 212 Å². The summed E-state index contributed by atoms with van der Waals surface area (Å²) in [5, 5.41) is 27.0. The summed E-state index contributed by atoms with van der Waals surface area (Å²) >= 11 is 0. The van der Waals surface area contributed by atoms with Gasteiger partial charge >= 0.3 is 29.6 Å². The van der Waals surface area contributed by atoms with Gasteiger partial charge < -0.3 is 29.5 Å². The number of aliphatic hydroxyl groups excluding tert-OH is 1. The van der Waals surface area contributed by atoms with Crippen LogP contribution in [0.1, 0.15) is 31.9 Å². The Morgan fingerprint density at radius 3 is 2.03 bits per heavy atom. The van der Waals surface area contributed by atoms with E-state index in [-0.39, 0.29) is 0 Å². The Kier molecular flexibility index (Phi) is 8.20. The number of aliphatic carboxylic acids is 2. The molecule has 2 heterocycles. The third kappa shape index (κ3) is 6.21. The number of hydrogen-bond donors (Lipinski definition) is 4. The van der Waals surface area contributed by atoms with Crippen LogP contribution in [0, 0.1) is 5.82 Å². The molecule has 14 nitrogen and oxygen atoms in total. The van der Waals surface area contributed by atoms with Crippen molar-refractivity contribution in [1.82, 2.24) is 9.55 Å². The zero-order chi connectivity index (χ0) is 24.0. The lowest BCUT2D eigenvalue weighted by atomic mass is 10.1. The second-order valence-corrected chi connectivity index (χ2v) is 6.59. The van der Waals surface area contributed by atoms with E-state index in [0.717, 1.165) is 0 Å². The normalized spacial score (nSPS) is 22.3. The third-order valence-corrected chi connectivity index (χ3v) is 4.28. The fraction of sp³-hybridized carbons (Fsp3) is 0.529. The van der Waals surface area contributed by atoms with Crippen LogP contribution in [-0.4, -0.2) is 73.7 Å². The van der Waals surface area contributed by atoms with Gasteiger partial charge in [0, 0.05) is 0 Å². The van der Waals surface area contributed by atoms with Crippen LogP contribution in [0.25, 0.3) is 0 Å². The minimum atomic E-state index is -1.68. The number of hydrogen-bond acceptors (Lipinski definition) is 10. The lowest BCUT2D eigenvalue weighted by molar-refractivity contribution is -0.169. The van der Waals surface area contributed by atoms with E-state index in [1.165, 1.54) is 0 Å². The molecule has 1 aliphatic rings. The molecule has 0 radical (unpaired) electrons. The van der Waals surface area contributed by atoms with Crippen molar-refractivity contribution >= 4 is 23.9 Å². The molecule has 1 aromatic rings. The summed E-state index contributed by atoms with van der Waals surface area (Å²) in [6.45, 7) is -0.822. The molecule has 2 rings (SSSR count). The number of ether oxygens (including phenoxy) is 3. The highest BCUT2D eigenvalue weighted by molar-refractivity contribution is 5.77. The fourth-order valence-electron chi connectivity index (χ4n) is 2.84. The Morgan fingerprint density at radius 2 is 1.53 bits per heavy atom. The zero-order valence-corrected chi connectivity index (χ0v) is 16.3. The van der Waals surface area contributed by atoms with Gasteiger partial charge in [0.25, 0.3) is 5.56 Å². The number of rotatable bonds is 10. The minimum absolute atomic E-state index is 0.451. The number of carbonyl (C=O) groups excluding carboxylic acids is 2. The number of esters is 2. The molecule has 4 atom stereocenters. The SMILES string of the molecule is O=C(O)CCC(=O)O[C@H]1[C@H](OC(=O)CCC(=O)O)[C@@H](CO)O[C@H]1n1cc(F)c(=O)[nH]c1=O. The molecule has 0 spiro atoms. The molecular formula is C17H19FN2O12. The monoisotopic (exact) mass is 462 g/mol. The number of aromatic amines is 1. The number of H-pyrrole nitrogens is 1. The molecule has 1 aliphatic heterocycles. The molecule has 32 heavy (non-hydrogen) atoms. The lowest BCUT2D eigenvalue weighted by Gasteiger charge is -2.24. The second-order valence-electron chi connectivity index (χ2n) is 6.59. The van der Waals surface area contributed by atoms with Crippen LogP contribution < -0.4 is 11.2 Å². The molecule has 0 aromatic carbocycles. The van der Waals surface area contributed by atoms with Gasteiger partial charge in [0.1, 0.15) is 6.10 Å². The smallest absolute Gasteiger partial charge is 0.330 e. The number of carboxylic acid groups (broad SMARTS) is 2. The number of nitrogens with zero attached hydrogens (tertiary/aromatic N) is 1. The van der Waals surface area contributed by atoms with Crippen LogP contribution >= 0.6 is 0 Å². The van der Waals surface area contributed by atoms with Gasteiger partial charge in [-0.2, -0.15) is 4.39 Å². The van der Waals surface area contributed by atoms with Gasteiger partial charge in [0.15, 0.2) is 18.4 Å². The van der Waals surface area contributed by atoms with E-state index < -0.39 is 97.8 Å². The average Bonchev–Trinajstić information content (AvgIpc) is 3.04. The van der Waals surface area contributed by atoms with Crippen LogP contribution in [0.2, 0.25) is 0 Å². The molecule has 0 saturated carbocycles. The molecule has 1 fully saturated rings. The van der Waals surface area contributed by atoms with E-state index in [4.69, 9.17) is 24.4 Å². The Labute approximate surface area is 177 Å². The highest BCUT2D eigenvalue weighted by atomic mass is 19.1. The number of aliphatic hydroxyl groups is 1. The molecule has 1 saturated heterocycles. The van der Waals surface area contributed by atoms with Crippen LogP contribution in [0.3, 0.4) is 0 Å². The Bertz CT molecular complexity index is 1000. The number of halogens is 1. The Hall–Kier alpha value is -3.59. The van der Waals surface area contributed by atoms with Crippen molar-refractivity contribution < 1.29 is 53.1 Å². The van der Waals surface area contributed by atoms with E-state index in [9.17, 15) is 38.3 Å². The predicted molar refractivity (Wildman–Crippen MR) is 95.8 cm³/mol. The molecular weight excluding hydrogens is 443 g/mol. The molecule has 15 heteroatoms. The largest absolute Gasteiger partial charge is 0.481 e. The lowest BCUT2D eigenvalue weighted by Crippen LogP contribution is -2.43. The van der Waals surface area contributed by atoms with E-state index >= 15 is 0 Å². The Balaban J connectivity index is 2.37. The zero-order valence-electron chi connectivity index (χ0n) is 16.3. The summed E-state index contributed by atoms with van der Waals surface area (Å²) in [4.78, 5) is 70.5. The first-order chi connectivity index (χ1) is 15.0. The van der Waals surface area contributed by atoms with Crippen molar-refractivity contribution in [2.75, 3.05) is 6.61 Å². The van der Waals surface area contributed by atoms with Crippen molar-refractivity contribution in [2.24, 2.45) is 0 Å². The highest BCUT2D eigenvalue weighted by Gasteiger charge is 2.50. The van der Waals surface area contributed by atoms with E-state index in [1.807, 2.05) is 0 Å². The number of aromatic nitrogens is 2. The van der Waals surface area contributed by atoms with Gasteiger partial charge in [-0.25, -0.2) is 4.79 Å². The van der Waals surface area contributed by atoms with Crippen LogP contribution in [0.5, 0.6) is 0 Å². The van der Waals surface area contributed by atoms with Crippen molar-refractivity contribution in [2.45, 2.75) is 50.2 Å². The maximum Gasteiger partial charge on any atom is 0.330 e. The summed E-state index contributed by atoms with van der Waals surface area (Å²) in [7, 11) is 0. The van der Waals surface area contributed by atoms with Crippen LogP contribution in [-0.2, 0) is 33.4 Å². The predicted octanol–water partition coefficient (Wildman–Crippen LogP) is -1.88. The quantitative estimate of drug-likeness (QED) is 0.281. The standard InChI is InChI=1S/C17H19FN2O12/c18-7-5-20(17(29)19-15(7)28)16-14(32-12(27)4-2-10(24)25)13(8(6-21)30-16)31-11(26)3-1-9(22)23/h5,8,13-14,16,21H,1-4,6H2,(H,22,23)(H,24,25)(H,19,28,29)/t8-,13-,14+,16-/m1/s1. The number of carbonyl (C=O) groups is 4. The van der Waals surface area contributed by atoms with Crippen LogP contribution in [0.4, 0.5) is 4.39 Å². The van der Waals surface area contributed by atoms with Gasteiger partial charge in [0.05, 0.1) is 38.5 Å². The molecule has 1 aromatic heterocycles. The van der Waals surface area contributed by atoms with Gasteiger partial charge in [0.2, 0.25) is 5.82 Å². The first kappa shape index (κ1) is 24.7. The molecule has 0 amide bonds. The van der Waals surface area contributed by atoms with Crippen molar-refractivity contribution in [1.29, 1.82) is 0 Å². The first-order valence-electron chi connectivity index (χ1n) is 9.13. The van der Waals surface area contributed by atoms with Gasteiger partial charge in [-0.05, 0) is 0 Å². The molecule has 0 unspecified atom stereocenters. The average molecular weight is 462 g/mol. The Morgan fingerprint density at radius 1 is 1.00 bits per heavy atom. The maximum atomic E-state index is 13.8. The summed E-state index contributed by atoms with van der Waals surface area (Å²) in [5.74, 6) is -6.18. The molecule has 0 aliphatic carbocycles. The minimum Gasteiger partial charge on any atom is -0.481 e. The summed E-state index contributed by atoms with van der Waals surface area (Å²) in [6, 6.07) is 0. The fourth-order valence-corrected chi connectivity index (χ4v) is 2.84. The second kappa shape index (κ2) is 10.6. The molecule has 176 valence electrons. The first-order valence-corrected chi connectivity index (χ1v) is 9.13. The van der Waals surface area contributed by atoms with Gasteiger partial charge in [-0.15, -0.1) is 0 Å². The molecule has 4 N–H and O–H groups in total. The van der Waals surface area contributed by atoms with Crippen molar-refractivity contribution in [3.63, 3.8) is 0 Å². The van der Waals surface area contributed by atoms with E-state index in [0.29, 0.717) is 10.8 Å². The van der Waals surface area contributed by atoms with Crippen molar-refractivity contribution in [3.8, 4) is 0 Å². The van der Waals surface area contributed by atoms with Crippen LogP contribution in [0.15, 0.2) is 15.8 Å². The number of carboxylic acids is 2.